The molecule has 0 aromatic carbocycles. The summed E-state index contributed by atoms with van der Waals surface area (Å²) < 4.78 is 2.06. The van der Waals surface area contributed by atoms with Crippen molar-refractivity contribution in [2.45, 2.75) is 51.2 Å². The maximum atomic E-state index is 9.79. The van der Waals surface area contributed by atoms with Gasteiger partial charge in [0.05, 0.1) is 12.3 Å². The van der Waals surface area contributed by atoms with Gasteiger partial charge in [0, 0.05) is 24.8 Å². The fourth-order valence-corrected chi connectivity index (χ4v) is 5.60. The lowest BCUT2D eigenvalue weighted by Crippen LogP contribution is -2.47. The molecular weight excluding hydrogens is 250 g/mol. The molecule has 4 heteroatoms. The van der Waals surface area contributed by atoms with Crippen molar-refractivity contribution in [3.8, 4) is 0 Å². The van der Waals surface area contributed by atoms with Crippen molar-refractivity contribution in [2.24, 2.45) is 28.9 Å². The van der Waals surface area contributed by atoms with Crippen molar-refractivity contribution < 1.29 is 5.11 Å². The Morgan fingerprint density at radius 1 is 1.25 bits per heavy atom. The van der Waals surface area contributed by atoms with Gasteiger partial charge in [0.1, 0.15) is 0 Å². The van der Waals surface area contributed by atoms with E-state index in [-0.39, 0.29) is 6.54 Å². The number of hydrogen-bond acceptors (Lipinski definition) is 3. The lowest BCUT2D eigenvalue weighted by Gasteiger charge is -2.56. The van der Waals surface area contributed by atoms with Gasteiger partial charge in [-0.15, -0.1) is 0 Å². The molecule has 0 saturated heterocycles. The van der Waals surface area contributed by atoms with Gasteiger partial charge in [-0.1, -0.05) is 0 Å². The molecule has 0 amide bonds. The standard InChI is InChI=1S/C16H25N3O/c17-7-15(20)14-8-18-19(9-14)10-16-4-11-1-12(5-16)3-13(2-11)6-16/h8-9,11-13,15,20H,1-7,10,17H2. The first-order valence-corrected chi connectivity index (χ1v) is 8.06. The number of aliphatic hydroxyl groups excluding tert-OH is 1. The van der Waals surface area contributed by atoms with Gasteiger partial charge in [-0.25, -0.2) is 0 Å². The molecule has 4 nitrogen and oxygen atoms in total. The molecule has 1 aromatic rings. The highest BCUT2D eigenvalue weighted by Crippen LogP contribution is 2.60. The van der Waals surface area contributed by atoms with E-state index in [1.54, 1.807) is 6.20 Å². The van der Waals surface area contributed by atoms with Crippen LogP contribution in [0.5, 0.6) is 0 Å². The fraction of sp³-hybridized carbons (Fsp3) is 0.812. The molecule has 1 atom stereocenters. The first-order valence-electron chi connectivity index (χ1n) is 8.06. The third-order valence-corrected chi connectivity index (χ3v) is 5.92. The maximum absolute atomic E-state index is 9.79. The molecule has 0 aliphatic heterocycles. The van der Waals surface area contributed by atoms with Crippen molar-refractivity contribution in [3.63, 3.8) is 0 Å². The zero-order valence-electron chi connectivity index (χ0n) is 12.0. The third kappa shape index (κ3) is 2.09. The maximum Gasteiger partial charge on any atom is 0.0942 e. The van der Waals surface area contributed by atoms with Crippen molar-refractivity contribution in [1.82, 2.24) is 9.78 Å². The Balaban J connectivity index is 1.52. The van der Waals surface area contributed by atoms with E-state index >= 15 is 0 Å². The first kappa shape index (κ1) is 12.8. The molecule has 3 N–H and O–H groups in total. The van der Waals surface area contributed by atoms with Gasteiger partial charge in [0.2, 0.25) is 0 Å². The summed E-state index contributed by atoms with van der Waals surface area (Å²) >= 11 is 0. The lowest BCUT2D eigenvalue weighted by atomic mass is 9.49. The summed E-state index contributed by atoms with van der Waals surface area (Å²) in [6, 6.07) is 0. The molecule has 20 heavy (non-hydrogen) atoms. The topological polar surface area (TPSA) is 64.1 Å². The Hall–Kier alpha value is -0.870. The molecule has 1 unspecified atom stereocenters. The van der Waals surface area contributed by atoms with Crippen LogP contribution in [0.15, 0.2) is 12.4 Å². The van der Waals surface area contributed by atoms with E-state index < -0.39 is 6.10 Å². The van der Waals surface area contributed by atoms with Gasteiger partial charge >= 0.3 is 0 Å². The molecule has 1 aromatic heterocycles. The smallest absolute Gasteiger partial charge is 0.0942 e. The average Bonchev–Trinajstić information content (AvgIpc) is 2.83. The molecule has 4 bridgehead atoms. The molecule has 0 radical (unpaired) electrons. The number of aliphatic hydroxyl groups is 1. The minimum atomic E-state index is -0.569. The summed E-state index contributed by atoms with van der Waals surface area (Å²) in [6.07, 6.45) is 11.8. The number of nitrogens with two attached hydrogens (primary N) is 1. The average molecular weight is 275 g/mol. The zero-order valence-corrected chi connectivity index (χ0v) is 12.0. The summed E-state index contributed by atoms with van der Waals surface area (Å²) in [7, 11) is 0. The van der Waals surface area contributed by atoms with Crippen LogP contribution < -0.4 is 5.73 Å². The zero-order chi connectivity index (χ0) is 13.7. The Kier molecular flexibility index (Phi) is 2.93. The summed E-state index contributed by atoms with van der Waals surface area (Å²) in [4.78, 5) is 0. The minimum absolute atomic E-state index is 0.267. The number of rotatable bonds is 4. The number of nitrogens with zero attached hydrogens (tertiary/aromatic N) is 2. The van der Waals surface area contributed by atoms with Crippen molar-refractivity contribution >= 4 is 0 Å². The van der Waals surface area contributed by atoms with Crippen molar-refractivity contribution in [2.75, 3.05) is 6.54 Å². The van der Waals surface area contributed by atoms with Crippen LogP contribution >= 0.6 is 0 Å². The van der Waals surface area contributed by atoms with Gasteiger partial charge in [0.25, 0.3) is 0 Å². The Morgan fingerprint density at radius 2 is 1.85 bits per heavy atom. The monoisotopic (exact) mass is 275 g/mol. The molecule has 1 heterocycles. The molecule has 4 fully saturated rings. The van der Waals surface area contributed by atoms with Crippen LogP contribution in [-0.4, -0.2) is 21.4 Å². The normalized spacial score (nSPS) is 40.2. The molecule has 0 spiro atoms. The fourth-order valence-electron chi connectivity index (χ4n) is 5.60. The summed E-state index contributed by atoms with van der Waals surface area (Å²) in [5.74, 6) is 2.93. The second-order valence-electron chi connectivity index (χ2n) is 7.64. The van der Waals surface area contributed by atoms with E-state index in [0.29, 0.717) is 5.41 Å². The van der Waals surface area contributed by atoms with Crippen LogP contribution in [0.4, 0.5) is 0 Å². The van der Waals surface area contributed by atoms with Crippen LogP contribution in [0, 0.1) is 23.2 Å². The van der Waals surface area contributed by atoms with Gasteiger partial charge in [-0.3, -0.25) is 4.68 Å². The lowest BCUT2D eigenvalue weighted by molar-refractivity contribution is -0.0635. The highest BCUT2D eigenvalue weighted by Gasteiger charge is 2.50. The number of hydrogen-bond donors (Lipinski definition) is 2. The van der Waals surface area contributed by atoms with E-state index in [0.717, 1.165) is 29.9 Å². The molecule has 5 rings (SSSR count). The largest absolute Gasteiger partial charge is 0.387 e. The third-order valence-electron chi connectivity index (χ3n) is 5.92. The second-order valence-corrected chi connectivity index (χ2v) is 7.64. The van der Waals surface area contributed by atoms with Crippen LogP contribution in [0.3, 0.4) is 0 Å². The van der Waals surface area contributed by atoms with E-state index in [1.165, 1.54) is 38.5 Å². The van der Waals surface area contributed by atoms with Gasteiger partial charge in [0.15, 0.2) is 0 Å². The van der Waals surface area contributed by atoms with E-state index in [4.69, 9.17) is 5.73 Å². The number of aromatic nitrogens is 2. The second kappa shape index (κ2) is 4.57. The SMILES string of the molecule is NCC(O)c1cnn(CC23CC4CC(CC(C4)C2)C3)c1. The summed E-state index contributed by atoms with van der Waals surface area (Å²) in [5.41, 5.74) is 6.86. The van der Waals surface area contributed by atoms with E-state index in [9.17, 15) is 5.11 Å². The van der Waals surface area contributed by atoms with Gasteiger partial charge < -0.3 is 10.8 Å². The minimum Gasteiger partial charge on any atom is -0.387 e. The van der Waals surface area contributed by atoms with Crippen LogP contribution in [0.1, 0.15) is 50.2 Å². The molecule has 110 valence electrons. The first-order chi connectivity index (χ1) is 9.66. The Labute approximate surface area is 120 Å². The van der Waals surface area contributed by atoms with Crippen LogP contribution in [0.25, 0.3) is 0 Å². The van der Waals surface area contributed by atoms with Crippen molar-refractivity contribution in [1.29, 1.82) is 0 Å². The van der Waals surface area contributed by atoms with Crippen LogP contribution in [0.2, 0.25) is 0 Å². The van der Waals surface area contributed by atoms with Gasteiger partial charge in [-0.05, 0) is 61.7 Å². The van der Waals surface area contributed by atoms with Crippen LogP contribution in [-0.2, 0) is 6.54 Å². The summed E-state index contributed by atoms with van der Waals surface area (Å²) in [6.45, 7) is 1.30. The van der Waals surface area contributed by atoms with E-state index in [2.05, 4.69) is 9.78 Å². The van der Waals surface area contributed by atoms with Crippen molar-refractivity contribution in [3.05, 3.63) is 18.0 Å². The predicted molar refractivity (Wildman–Crippen MR) is 76.8 cm³/mol. The molecule has 4 aliphatic rings. The Morgan fingerprint density at radius 3 is 2.40 bits per heavy atom. The molecule has 4 saturated carbocycles. The highest BCUT2D eigenvalue weighted by molar-refractivity contribution is 5.09. The molecule has 4 aliphatic carbocycles. The predicted octanol–water partition coefficient (Wildman–Crippen LogP) is 2.09. The molecular formula is C16H25N3O. The highest BCUT2D eigenvalue weighted by atomic mass is 16.3. The summed E-state index contributed by atoms with van der Waals surface area (Å²) in [5, 5.41) is 14.3. The van der Waals surface area contributed by atoms with Gasteiger partial charge in [-0.2, -0.15) is 5.10 Å². The quantitative estimate of drug-likeness (QED) is 0.884. The Bertz CT molecular complexity index is 460. The van der Waals surface area contributed by atoms with E-state index in [1.807, 2.05) is 6.20 Å².